The minimum atomic E-state index is -3.00. The second-order valence-corrected chi connectivity index (χ2v) is 9.71. The number of thioether (sulfide) groups is 1. The Labute approximate surface area is 146 Å². The lowest BCUT2D eigenvalue weighted by atomic mass is 10.2. The van der Waals surface area contributed by atoms with Gasteiger partial charge in [-0.2, -0.15) is 0 Å². The largest absolute Gasteiger partial charge is 0.486 e. The van der Waals surface area contributed by atoms with Crippen LogP contribution >= 0.6 is 11.8 Å². The fraction of sp³-hybridized carbons (Fsp3) is 0.562. The standard InChI is InChI=1S/C16H21NO5S2/c1-11(16(18)17(2)12-5-8-24(19,20)10-12)23-13-3-4-14-15(9-13)22-7-6-21-14/h3-4,9,11-12H,5-8,10H2,1-2H3/t11-,12+/m0/s1. The van der Waals surface area contributed by atoms with Crippen LogP contribution in [0.2, 0.25) is 0 Å². The lowest BCUT2D eigenvalue weighted by Crippen LogP contribution is -2.41. The molecule has 1 aromatic rings. The fourth-order valence-electron chi connectivity index (χ4n) is 2.90. The van der Waals surface area contributed by atoms with Gasteiger partial charge in [0, 0.05) is 18.0 Å². The highest BCUT2D eigenvalue weighted by Gasteiger charge is 2.34. The Hall–Kier alpha value is -1.41. The van der Waals surface area contributed by atoms with Crippen LogP contribution < -0.4 is 9.47 Å². The van der Waals surface area contributed by atoms with Crippen molar-refractivity contribution in [1.29, 1.82) is 0 Å². The van der Waals surface area contributed by atoms with Crippen molar-refractivity contribution in [1.82, 2.24) is 4.90 Å². The van der Waals surface area contributed by atoms with E-state index in [1.807, 2.05) is 25.1 Å². The molecule has 0 bridgehead atoms. The molecule has 0 aromatic heterocycles. The van der Waals surface area contributed by atoms with Crippen LogP contribution in [0.4, 0.5) is 0 Å². The van der Waals surface area contributed by atoms with Gasteiger partial charge in [-0.3, -0.25) is 4.79 Å². The molecule has 1 fully saturated rings. The van der Waals surface area contributed by atoms with Crippen LogP contribution in [0.25, 0.3) is 0 Å². The molecule has 132 valence electrons. The van der Waals surface area contributed by atoms with Crippen LogP contribution in [0.5, 0.6) is 11.5 Å². The molecule has 1 aromatic carbocycles. The van der Waals surface area contributed by atoms with Gasteiger partial charge < -0.3 is 14.4 Å². The van der Waals surface area contributed by atoms with Crippen LogP contribution in [-0.2, 0) is 14.6 Å². The number of hydrogen-bond acceptors (Lipinski definition) is 6. The first-order valence-corrected chi connectivity index (χ1v) is 10.6. The Morgan fingerprint density at radius 2 is 2.00 bits per heavy atom. The van der Waals surface area contributed by atoms with Gasteiger partial charge >= 0.3 is 0 Å². The molecule has 0 radical (unpaired) electrons. The Morgan fingerprint density at radius 1 is 1.29 bits per heavy atom. The molecule has 1 saturated heterocycles. The lowest BCUT2D eigenvalue weighted by Gasteiger charge is -2.26. The van der Waals surface area contributed by atoms with E-state index in [9.17, 15) is 13.2 Å². The highest BCUT2D eigenvalue weighted by molar-refractivity contribution is 8.00. The average Bonchev–Trinajstić information content (AvgIpc) is 2.93. The number of carbonyl (C=O) groups excluding carboxylic acids is 1. The van der Waals surface area contributed by atoms with Crippen LogP contribution in [-0.4, -0.2) is 62.3 Å². The third-order valence-corrected chi connectivity index (χ3v) is 7.11. The third kappa shape index (κ3) is 3.80. The fourth-order valence-corrected chi connectivity index (χ4v) is 5.67. The Kier molecular flexibility index (Phi) is 4.96. The van der Waals surface area contributed by atoms with E-state index in [1.54, 1.807) is 11.9 Å². The molecule has 24 heavy (non-hydrogen) atoms. The number of fused-ring (bicyclic) bond motifs is 1. The number of amides is 1. The summed E-state index contributed by atoms with van der Waals surface area (Å²) in [5, 5.41) is -0.305. The van der Waals surface area contributed by atoms with Crippen molar-refractivity contribution >= 4 is 27.5 Å². The zero-order valence-corrected chi connectivity index (χ0v) is 15.4. The molecule has 2 heterocycles. The molecular formula is C16H21NO5S2. The van der Waals surface area contributed by atoms with Gasteiger partial charge in [0.2, 0.25) is 5.91 Å². The maximum atomic E-state index is 12.6. The summed E-state index contributed by atoms with van der Waals surface area (Å²) < 4.78 is 34.2. The Balaban J connectivity index is 1.64. The quantitative estimate of drug-likeness (QED) is 0.749. The predicted octanol–water partition coefficient (Wildman–Crippen LogP) is 1.58. The van der Waals surface area contributed by atoms with E-state index in [0.717, 1.165) is 10.6 Å². The molecule has 0 N–H and O–H groups in total. The van der Waals surface area contributed by atoms with Crippen molar-refractivity contribution in [2.24, 2.45) is 0 Å². The molecule has 0 unspecified atom stereocenters. The van der Waals surface area contributed by atoms with Crippen LogP contribution in [0.1, 0.15) is 13.3 Å². The molecule has 2 aliphatic rings. The van der Waals surface area contributed by atoms with Crippen molar-refractivity contribution < 1.29 is 22.7 Å². The minimum absolute atomic E-state index is 0.0583. The summed E-state index contributed by atoms with van der Waals surface area (Å²) in [5.74, 6) is 1.59. The number of nitrogens with zero attached hydrogens (tertiary/aromatic N) is 1. The number of benzene rings is 1. The minimum Gasteiger partial charge on any atom is -0.486 e. The molecule has 0 spiro atoms. The molecule has 1 amide bonds. The van der Waals surface area contributed by atoms with Crippen molar-refractivity contribution in [2.75, 3.05) is 31.8 Å². The molecule has 6 nitrogen and oxygen atoms in total. The molecule has 0 aliphatic carbocycles. The van der Waals surface area contributed by atoms with E-state index in [2.05, 4.69) is 0 Å². The number of ether oxygens (including phenoxy) is 2. The number of sulfone groups is 1. The SMILES string of the molecule is C[C@H](Sc1ccc2c(c1)OCCO2)C(=O)N(C)[C@@H]1CCS(=O)(=O)C1. The van der Waals surface area contributed by atoms with Crippen molar-refractivity contribution in [3.05, 3.63) is 18.2 Å². The van der Waals surface area contributed by atoms with Crippen molar-refractivity contribution in [2.45, 2.75) is 29.5 Å². The van der Waals surface area contributed by atoms with Crippen LogP contribution in [0, 0.1) is 0 Å². The maximum absolute atomic E-state index is 12.6. The van der Waals surface area contributed by atoms with Gasteiger partial charge in [0.1, 0.15) is 13.2 Å². The highest BCUT2D eigenvalue weighted by atomic mass is 32.2. The Morgan fingerprint density at radius 3 is 2.67 bits per heavy atom. The van der Waals surface area contributed by atoms with E-state index in [1.165, 1.54) is 11.8 Å². The first-order valence-electron chi connectivity index (χ1n) is 7.89. The van der Waals surface area contributed by atoms with E-state index >= 15 is 0 Å². The van der Waals surface area contributed by atoms with Crippen LogP contribution in [0.15, 0.2) is 23.1 Å². The van der Waals surface area contributed by atoms with Gasteiger partial charge in [-0.25, -0.2) is 8.42 Å². The van der Waals surface area contributed by atoms with Crippen molar-refractivity contribution in [3.63, 3.8) is 0 Å². The van der Waals surface area contributed by atoms with Gasteiger partial charge in [-0.1, -0.05) is 0 Å². The summed E-state index contributed by atoms with van der Waals surface area (Å²) in [6.45, 7) is 2.90. The van der Waals surface area contributed by atoms with Gasteiger partial charge in [0.25, 0.3) is 0 Å². The summed E-state index contributed by atoms with van der Waals surface area (Å²) in [7, 11) is -1.31. The second kappa shape index (κ2) is 6.84. The van der Waals surface area contributed by atoms with Crippen LogP contribution in [0.3, 0.4) is 0 Å². The average molecular weight is 371 g/mol. The summed E-state index contributed by atoms with van der Waals surface area (Å²) in [5.41, 5.74) is 0. The van der Waals surface area contributed by atoms with E-state index in [4.69, 9.17) is 9.47 Å². The van der Waals surface area contributed by atoms with Gasteiger partial charge in [-0.15, -0.1) is 11.8 Å². The van der Waals surface area contributed by atoms with Gasteiger partial charge in [-0.05, 0) is 31.5 Å². The number of hydrogen-bond donors (Lipinski definition) is 0. The van der Waals surface area contributed by atoms with Gasteiger partial charge in [0.05, 0.1) is 16.8 Å². The third-order valence-electron chi connectivity index (χ3n) is 4.28. The molecule has 3 rings (SSSR count). The zero-order chi connectivity index (χ0) is 17.3. The summed E-state index contributed by atoms with van der Waals surface area (Å²) in [6, 6.07) is 5.41. The highest BCUT2D eigenvalue weighted by Crippen LogP contribution is 2.36. The molecule has 0 saturated carbocycles. The molecule has 2 aliphatic heterocycles. The number of rotatable bonds is 4. The lowest BCUT2D eigenvalue weighted by molar-refractivity contribution is -0.130. The normalized spacial score (nSPS) is 22.8. The monoisotopic (exact) mass is 371 g/mol. The van der Waals surface area contributed by atoms with Gasteiger partial charge in [0.15, 0.2) is 21.3 Å². The summed E-state index contributed by atoms with van der Waals surface area (Å²) >= 11 is 1.44. The zero-order valence-electron chi connectivity index (χ0n) is 13.7. The first-order chi connectivity index (χ1) is 11.4. The van der Waals surface area contributed by atoms with E-state index in [0.29, 0.717) is 25.4 Å². The summed E-state index contributed by atoms with van der Waals surface area (Å²) in [6.07, 6.45) is 0.520. The van der Waals surface area contributed by atoms with Crippen molar-refractivity contribution in [3.8, 4) is 11.5 Å². The summed E-state index contributed by atoms with van der Waals surface area (Å²) in [4.78, 5) is 15.1. The maximum Gasteiger partial charge on any atom is 0.235 e. The van der Waals surface area contributed by atoms with E-state index in [-0.39, 0.29) is 28.7 Å². The topological polar surface area (TPSA) is 72.9 Å². The molecule has 2 atom stereocenters. The molecule has 8 heteroatoms. The first kappa shape index (κ1) is 17.4. The number of carbonyl (C=O) groups is 1. The van der Waals surface area contributed by atoms with E-state index < -0.39 is 9.84 Å². The molecular weight excluding hydrogens is 350 g/mol. The second-order valence-electron chi connectivity index (χ2n) is 6.07. The predicted molar refractivity (Wildman–Crippen MR) is 92.6 cm³/mol. The smallest absolute Gasteiger partial charge is 0.235 e. The Bertz CT molecular complexity index is 734.